The molecule has 0 atom stereocenters. The van der Waals surface area contributed by atoms with Crippen molar-refractivity contribution in [1.82, 2.24) is 9.29 Å². The highest BCUT2D eigenvalue weighted by Gasteiger charge is 2.30. The summed E-state index contributed by atoms with van der Waals surface area (Å²) in [7, 11) is -1.79. The Morgan fingerprint density at radius 2 is 1.80 bits per heavy atom. The molecular weight excluding hydrogens is 338 g/mol. The van der Waals surface area contributed by atoms with Gasteiger partial charge in [-0.25, -0.2) is 13.4 Å². The normalized spacial score (nSPS) is 17.0. The maximum absolute atomic E-state index is 12.9. The van der Waals surface area contributed by atoms with Crippen molar-refractivity contribution < 1.29 is 13.2 Å². The zero-order valence-electron chi connectivity index (χ0n) is 16.0. The fraction of sp³-hybridized carbons (Fsp3) is 0.722. The van der Waals surface area contributed by atoms with Gasteiger partial charge >= 0.3 is 0 Å². The predicted molar refractivity (Wildman–Crippen MR) is 100 cm³/mol. The smallest absolute Gasteiger partial charge is 0.245 e. The van der Waals surface area contributed by atoms with Gasteiger partial charge in [0.2, 0.25) is 10.0 Å². The van der Waals surface area contributed by atoms with Crippen molar-refractivity contribution in [2.45, 2.75) is 57.5 Å². The van der Waals surface area contributed by atoms with Gasteiger partial charge in [-0.2, -0.15) is 4.31 Å². The number of anilines is 1. The van der Waals surface area contributed by atoms with E-state index < -0.39 is 10.0 Å². The summed E-state index contributed by atoms with van der Waals surface area (Å²) in [5, 5.41) is 0. The van der Waals surface area contributed by atoms with Crippen LogP contribution in [-0.4, -0.2) is 56.6 Å². The summed E-state index contributed by atoms with van der Waals surface area (Å²) in [6.45, 7) is 10.2. The zero-order chi connectivity index (χ0) is 18.6. The molecule has 0 amide bonds. The van der Waals surface area contributed by atoms with E-state index in [4.69, 9.17) is 4.74 Å². The SMILES string of the molecule is COCC1CCN(c2ccc(S(=O)(=O)N(C(C)C)C(C)C)cn2)CC1. The maximum atomic E-state index is 12.9. The van der Waals surface area contributed by atoms with Crippen LogP contribution in [0.2, 0.25) is 0 Å². The van der Waals surface area contributed by atoms with Crippen molar-refractivity contribution >= 4 is 15.8 Å². The summed E-state index contributed by atoms with van der Waals surface area (Å²) in [6, 6.07) is 3.31. The van der Waals surface area contributed by atoms with Crippen LogP contribution in [0.1, 0.15) is 40.5 Å². The van der Waals surface area contributed by atoms with Crippen LogP contribution in [0.15, 0.2) is 23.2 Å². The number of sulfonamides is 1. The van der Waals surface area contributed by atoms with Crippen molar-refractivity contribution in [3.63, 3.8) is 0 Å². The molecule has 1 aromatic rings. The van der Waals surface area contributed by atoms with Crippen LogP contribution < -0.4 is 4.90 Å². The Balaban J connectivity index is 2.12. The van der Waals surface area contributed by atoms with E-state index in [1.807, 2.05) is 33.8 Å². The Bertz CT molecular complexity index is 628. The Hall–Kier alpha value is -1.18. The highest BCUT2D eigenvalue weighted by Crippen LogP contribution is 2.25. The molecule has 2 heterocycles. The topological polar surface area (TPSA) is 62.7 Å². The molecule has 1 fully saturated rings. The van der Waals surface area contributed by atoms with Gasteiger partial charge in [0.25, 0.3) is 0 Å². The molecule has 7 heteroatoms. The quantitative estimate of drug-likeness (QED) is 0.739. The van der Waals surface area contributed by atoms with E-state index in [0.29, 0.717) is 5.92 Å². The van der Waals surface area contributed by atoms with E-state index in [0.717, 1.165) is 38.4 Å². The van der Waals surface area contributed by atoms with Crippen molar-refractivity contribution in [3.8, 4) is 0 Å². The van der Waals surface area contributed by atoms with E-state index in [2.05, 4.69) is 9.88 Å². The summed E-state index contributed by atoms with van der Waals surface area (Å²) >= 11 is 0. The molecular formula is C18H31N3O3S. The lowest BCUT2D eigenvalue weighted by molar-refractivity contribution is 0.139. The maximum Gasteiger partial charge on any atom is 0.245 e. The van der Waals surface area contributed by atoms with Crippen LogP contribution >= 0.6 is 0 Å². The van der Waals surface area contributed by atoms with Crippen LogP contribution in [0.25, 0.3) is 0 Å². The molecule has 2 rings (SSSR count). The van der Waals surface area contributed by atoms with Crippen molar-refractivity contribution in [2.75, 3.05) is 31.7 Å². The predicted octanol–water partition coefficient (Wildman–Crippen LogP) is 2.75. The van der Waals surface area contributed by atoms with Crippen LogP contribution in [0.5, 0.6) is 0 Å². The van der Waals surface area contributed by atoms with Gasteiger partial charge in [0, 0.05) is 45.1 Å². The summed E-state index contributed by atoms with van der Waals surface area (Å²) in [4.78, 5) is 6.90. The average Bonchev–Trinajstić information content (AvgIpc) is 2.55. The minimum absolute atomic E-state index is 0.0931. The number of hydrogen-bond donors (Lipinski definition) is 0. The fourth-order valence-corrected chi connectivity index (χ4v) is 5.33. The lowest BCUT2D eigenvalue weighted by Crippen LogP contribution is -2.42. The molecule has 1 saturated heterocycles. The first-order chi connectivity index (χ1) is 11.8. The van der Waals surface area contributed by atoms with E-state index in [1.165, 1.54) is 10.5 Å². The molecule has 0 spiro atoms. The fourth-order valence-electron chi connectivity index (χ4n) is 3.55. The minimum Gasteiger partial charge on any atom is -0.384 e. The average molecular weight is 370 g/mol. The molecule has 0 radical (unpaired) electrons. The molecule has 0 N–H and O–H groups in total. The van der Waals surface area contributed by atoms with Gasteiger partial charge in [-0.3, -0.25) is 0 Å². The molecule has 142 valence electrons. The third kappa shape index (κ3) is 4.71. The third-order valence-corrected chi connectivity index (χ3v) is 6.89. The van der Waals surface area contributed by atoms with E-state index in [-0.39, 0.29) is 17.0 Å². The molecule has 1 aliphatic rings. The molecule has 1 aliphatic heterocycles. The van der Waals surface area contributed by atoms with Gasteiger partial charge in [0.15, 0.2) is 0 Å². The monoisotopic (exact) mass is 369 g/mol. The van der Waals surface area contributed by atoms with E-state index >= 15 is 0 Å². The number of hydrogen-bond acceptors (Lipinski definition) is 5. The summed E-state index contributed by atoms with van der Waals surface area (Å²) in [5.41, 5.74) is 0. The number of ether oxygens (including phenoxy) is 1. The van der Waals surface area contributed by atoms with Crippen LogP contribution in [0, 0.1) is 5.92 Å². The van der Waals surface area contributed by atoms with Crippen molar-refractivity contribution in [3.05, 3.63) is 18.3 Å². The second kappa shape index (κ2) is 8.47. The Morgan fingerprint density at radius 3 is 2.24 bits per heavy atom. The van der Waals surface area contributed by atoms with Gasteiger partial charge in [-0.15, -0.1) is 0 Å². The standard InChI is InChI=1S/C18H31N3O3S/c1-14(2)21(15(3)4)25(22,23)17-6-7-18(19-12-17)20-10-8-16(9-11-20)13-24-5/h6-7,12,14-16H,8-11,13H2,1-5H3. The number of aromatic nitrogens is 1. The molecule has 0 saturated carbocycles. The first-order valence-electron chi connectivity index (χ1n) is 9.00. The Kier molecular flexibility index (Phi) is 6.82. The highest BCUT2D eigenvalue weighted by molar-refractivity contribution is 7.89. The van der Waals surface area contributed by atoms with Gasteiger partial charge in [-0.1, -0.05) is 0 Å². The second-order valence-electron chi connectivity index (χ2n) is 7.26. The highest BCUT2D eigenvalue weighted by atomic mass is 32.2. The molecule has 0 aliphatic carbocycles. The summed E-state index contributed by atoms with van der Waals surface area (Å²) in [6.07, 6.45) is 3.64. The first kappa shape index (κ1) is 20.1. The number of nitrogens with zero attached hydrogens (tertiary/aromatic N) is 3. The second-order valence-corrected chi connectivity index (χ2v) is 9.10. The van der Waals surface area contributed by atoms with Gasteiger partial charge in [-0.05, 0) is 58.6 Å². The lowest BCUT2D eigenvalue weighted by Gasteiger charge is -2.33. The number of rotatable bonds is 7. The molecule has 0 aromatic carbocycles. The molecule has 1 aromatic heterocycles. The molecule has 6 nitrogen and oxygen atoms in total. The van der Waals surface area contributed by atoms with Crippen molar-refractivity contribution in [2.24, 2.45) is 5.92 Å². The van der Waals surface area contributed by atoms with Crippen molar-refractivity contribution in [1.29, 1.82) is 0 Å². The summed E-state index contributed by atoms with van der Waals surface area (Å²) in [5.74, 6) is 1.45. The molecule has 0 unspecified atom stereocenters. The number of piperidine rings is 1. The van der Waals surface area contributed by atoms with Crippen LogP contribution in [0.3, 0.4) is 0 Å². The van der Waals surface area contributed by atoms with Gasteiger partial charge in [0.05, 0.1) is 0 Å². The zero-order valence-corrected chi connectivity index (χ0v) is 16.8. The van der Waals surface area contributed by atoms with E-state index in [9.17, 15) is 8.42 Å². The molecule has 0 bridgehead atoms. The third-order valence-electron chi connectivity index (χ3n) is 4.65. The number of pyridine rings is 1. The Morgan fingerprint density at radius 1 is 1.20 bits per heavy atom. The van der Waals surface area contributed by atoms with Crippen LogP contribution in [0.4, 0.5) is 5.82 Å². The summed E-state index contributed by atoms with van der Waals surface area (Å²) < 4.78 is 32.5. The molecule has 25 heavy (non-hydrogen) atoms. The van der Waals surface area contributed by atoms with Gasteiger partial charge < -0.3 is 9.64 Å². The lowest BCUT2D eigenvalue weighted by atomic mass is 9.98. The number of methoxy groups -OCH3 is 1. The van der Waals surface area contributed by atoms with Crippen LogP contribution in [-0.2, 0) is 14.8 Å². The van der Waals surface area contributed by atoms with E-state index in [1.54, 1.807) is 13.2 Å². The largest absolute Gasteiger partial charge is 0.384 e. The Labute approximate surface area is 152 Å². The minimum atomic E-state index is -3.53. The van der Waals surface area contributed by atoms with Gasteiger partial charge in [0.1, 0.15) is 10.7 Å². The first-order valence-corrected chi connectivity index (χ1v) is 10.4.